The molecule has 1 aromatic heterocycles. The third-order valence-electron chi connectivity index (χ3n) is 10.3. The molecule has 2 heteroatoms. The number of hydrogen-bond donors (Lipinski definition) is 0. The summed E-state index contributed by atoms with van der Waals surface area (Å²) >= 11 is 0. The molecule has 0 atom stereocenters. The fourth-order valence-corrected chi connectivity index (χ4v) is 7.58. The average Bonchev–Trinajstić information content (AvgIpc) is 3.61. The normalized spacial score (nSPS) is 11.5. The van der Waals surface area contributed by atoms with Crippen molar-refractivity contribution in [3.63, 3.8) is 0 Å². The zero-order chi connectivity index (χ0) is 34.4. The standard InChI is InChI=1S/C50H33NO/c1-2-8-34(9-3-1)36-16-24-43(25-17-36)51(44-26-18-37(19-27-44)41-15-14-35-10-4-5-12-40(35)32-41)45-28-20-38(21-29-45)42-23-30-48-47(33-42)50-46-13-7-6-11-39(46)22-31-49(50)52-48/h1-33H. The lowest BCUT2D eigenvalue weighted by Gasteiger charge is -2.26. The van der Waals surface area contributed by atoms with Gasteiger partial charge in [0.25, 0.3) is 0 Å². The molecule has 0 fully saturated rings. The van der Waals surface area contributed by atoms with Gasteiger partial charge in [-0.15, -0.1) is 0 Å². The lowest BCUT2D eigenvalue weighted by atomic mass is 9.99. The van der Waals surface area contributed by atoms with Crippen LogP contribution < -0.4 is 4.90 Å². The van der Waals surface area contributed by atoms with Crippen molar-refractivity contribution in [1.29, 1.82) is 0 Å². The van der Waals surface area contributed by atoms with E-state index in [9.17, 15) is 0 Å². The van der Waals surface area contributed by atoms with E-state index in [1.54, 1.807) is 0 Å². The van der Waals surface area contributed by atoms with Gasteiger partial charge in [0.05, 0.1) is 0 Å². The van der Waals surface area contributed by atoms with Crippen molar-refractivity contribution in [1.82, 2.24) is 0 Å². The van der Waals surface area contributed by atoms with Crippen molar-refractivity contribution >= 4 is 60.5 Å². The number of furan rings is 1. The Hall–Kier alpha value is -6.90. The number of benzene rings is 9. The van der Waals surface area contributed by atoms with Crippen molar-refractivity contribution in [2.75, 3.05) is 4.90 Å². The smallest absolute Gasteiger partial charge is 0.136 e. The molecule has 52 heavy (non-hydrogen) atoms. The molecule has 244 valence electrons. The molecule has 0 radical (unpaired) electrons. The van der Waals surface area contributed by atoms with Crippen LogP contribution in [-0.2, 0) is 0 Å². The molecule has 0 amide bonds. The van der Waals surface area contributed by atoms with E-state index in [0.29, 0.717) is 0 Å². The van der Waals surface area contributed by atoms with Crippen LogP contribution in [-0.4, -0.2) is 0 Å². The van der Waals surface area contributed by atoms with Gasteiger partial charge in [0, 0.05) is 27.8 Å². The van der Waals surface area contributed by atoms with Crippen LogP contribution in [0.25, 0.3) is 76.9 Å². The van der Waals surface area contributed by atoms with E-state index in [1.807, 2.05) is 0 Å². The predicted octanol–water partition coefficient (Wildman–Crippen LogP) is 14.4. The average molecular weight is 664 g/mol. The van der Waals surface area contributed by atoms with Crippen molar-refractivity contribution in [3.8, 4) is 33.4 Å². The number of hydrogen-bond acceptors (Lipinski definition) is 2. The summed E-state index contributed by atoms with van der Waals surface area (Å²) in [4.78, 5) is 2.33. The molecule has 0 unspecified atom stereocenters. The Labute approximate surface area is 302 Å². The molecule has 2 nitrogen and oxygen atoms in total. The fourth-order valence-electron chi connectivity index (χ4n) is 7.58. The van der Waals surface area contributed by atoms with Gasteiger partial charge in [-0.25, -0.2) is 0 Å². The van der Waals surface area contributed by atoms with Gasteiger partial charge in [-0.05, 0) is 116 Å². The first-order chi connectivity index (χ1) is 25.7. The van der Waals surface area contributed by atoms with Gasteiger partial charge < -0.3 is 9.32 Å². The molecule has 1 heterocycles. The molecule has 0 aliphatic carbocycles. The van der Waals surface area contributed by atoms with Crippen molar-refractivity contribution in [2.24, 2.45) is 0 Å². The summed E-state index contributed by atoms with van der Waals surface area (Å²) in [5.74, 6) is 0. The molecular formula is C50H33NO. The quantitative estimate of drug-likeness (QED) is 0.176. The molecule has 0 bridgehead atoms. The molecule has 0 saturated heterocycles. The van der Waals surface area contributed by atoms with E-state index in [1.165, 1.54) is 49.2 Å². The third-order valence-corrected chi connectivity index (χ3v) is 10.3. The highest BCUT2D eigenvalue weighted by atomic mass is 16.3. The minimum absolute atomic E-state index is 0.906. The summed E-state index contributed by atoms with van der Waals surface area (Å²) < 4.78 is 6.29. The number of nitrogens with zero attached hydrogens (tertiary/aromatic N) is 1. The molecule has 10 aromatic rings. The van der Waals surface area contributed by atoms with Gasteiger partial charge in [0.1, 0.15) is 11.2 Å². The number of fused-ring (bicyclic) bond motifs is 6. The van der Waals surface area contributed by atoms with E-state index in [0.717, 1.165) is 44.7 Å². The van der Waals surface area contributed by atoms with Crippen LogP contribution in [0.15, 0.2) is 205 Å². The lowest BCUT2D eigenvalue weighted by Crippen LogP contribution is -2.09. The fraction of sp³-hybridized carbons (Fsp3) is 0. The van der Waals surface area contributed by atoms with Crippen LogP contribution >= 0.6 is 0 Å². The Kier molecular flexibility index (Phi) is 7.18. The number of anilines is 3. The highest BCUT2D eigenvalue weighted by molar-refractivity contribution is 6.19. The topological polar surface area (TPSA) is 16.4 Å². The summed E-state index contributed by atoms with van der Waals surface area (Å²) in [6, 6.07) is 71.7. The van der Waals surface area contributed by atoms with Crippen LogP contribution in [0.2, 0.25) is 0 Å². The molecule has 0 spiro atoms. The summed E-state index contributed by atoms with van der Waals surface area (Å²) in [5.41, 5.74) is 12.2. The van der Waals surface area contributed by atoms with E-state index in [4.69, 9.17) is 4.42 Å². The van der Waals surface area contributed by atoms with Crippen molar-refractivity contribution in [3.05, 3.63) is 200 Å². The highest BCUT2D eigenvalue weighted by Crippen LogP contribution is 2.40. The first-order valence-electron chi connectivity index (χ1n) is 17.7. The molecule has 0 saturated carbocycles. The number of rotatable bonds is 6. The van der Waals surface area contributed by atoms with Gasteiger partial charge >= 0.3 is 0 Å². The SMILES string of the molecule is c1ccc(-c2ccc(N(c3ccc(-c4ccc5ccccc5c4)cc3)c3ccc(-c4ccc5oc6ccc7ccccc7c6c5c4)cc3)cc2)cc1. The summed E-state index contributed by atoms with van der Waals surface area (Å²) in [7, 11) is 0. The summed E-state index contributed by atoms with van der Waals surface area (Å²) in [5, 5.41) is 7.24. The van der Waals surface area contributed by atoms with Crippen LogP contribution in [0.5, 0.6) is 0 Å². The molecule has 10 rings (SSSR count). The highest BCUT2D eigenvalue weighted by Gasteiger charge is 2.15. The van der Waals surface area contributed by atoms with E-state index in [-0.39, 0.29) is 0 Å². The lowest BCUT2D eigenvalue weighted by molar-refractivity contribution is 0.669. The van der Waals surface area contributed by atoms with Crippen LogP contribution in [0.1, 0.15) is 0 Å². The van der Waals surface area contributed by atoms with Crippen LogP contribution in [0.4, 0.5) is 17.1 Å². The van der Waals surface area contributed by atoms with Gasteiger partial charge in [-0.3, -0.25) is 0 Å². The molecular weight excluding hydrogens is 631 g/mol. The Bertz CT molecular complexity index is 2870. The molecule has 0 aliphatic rings. The predicted molar refractivity (Wildman–Crippen MR) is 220 cm³/mol. The van der Waals surface area contributed by atoms with E-state index >= 15 is 0 Å². The van der Waals surface area contributed by atoms with E-state index in [2.05, 4.69) is 205 Å². The first kappa shape index (κ1) is 30.0. The van der Waals surface area contributed by atoms with Crippen LogP contribution in [0, 0.1) is 0 Å². The third kappa shape index (κ3) is 5.30. The maximum absolute atomic E-state index is 6.29. The van der Waals surface area contributed by atoms with E-state index < -0.39 is 0 Å². The van der Waals surface area contributed by atoms with Gasteiger partial charge in [0.2, 0.25) is 0 Å². The monoisotopic (exact) mass is 663 g/mol. The Morgan fingerprint density at radius 3 is 1.42 bits per heavy atom. The molecule has 0 N–H and O–H groups in total. The Morgan fingerprint density at radius 1 is 0.288 bits per heavy atom. The van der Waals surface area contributed by atoms with Gasteiger partial charge in [-0.1, -0.05) is 140 Å². The molecule has 0 aliphatic heterocycles. The van der Waals surface area contributed by atoms with Crippen molar-refractivity contribution in [2.45, 2.75) is 0 Å². The zero-order valence-corrected chi connectivity index (χ0v) is 28.4. The van der Waals surface area contributed by atoms with Gasteiger partial charge in [-0.2, -0.15) is 0 Å². The van der Waals surface area contributed by atoms with Crippen LogP contribution in [0.3, 0.4) is 0 Å². The first-order valence-corrected chi connectivity index (χ1v) is 17.7. The Balaban J connectivity index is 1.03. The Morgan fingerprint density at radius 2 is 0.750 bits per heavy atom. The zero-order valence-electron chi connectivity index (χ0n) is 28.4. The largest absolute Gasteiger partial charge is 0.456 e. The maximum Gasteiger partial charge on any atom is 0.136 e. The molecule has 9 aromatic carbocycles. The minimum atomic E-state index is 0.906. The summed E-state index contributed by atoms with van der Waals surface area (Å²) in [6.07, 6.45) is 0. The maximum atomic E-state index is 6.29. The summed E-state index contributed by atoms with van der Waals surface area (Å²) in [6.45, 7) is 0. The second-order valence-electron chi connectivity index (χ2n) is 13.4. The van der Waals surface area contributed by atoms with Gasteiger partial charge in [0.15, 0.2) is 0 Å². The van der Waals surface area contributed by atoms with Crippen molar-refractivity contribution < 1.29 is 4.42 Å². The minimum Gasteiger partial charge on any atom is -0.456 e. The second-order valence-corrected chi connectivity index (χ2v) is 13.4. The second kappa shape index (κ2) is 12.5.